The number of hydrogen-bond donors (Lipinski definition) is 0. The molecule has 3 heteroatoms. The highest BCUT2D eigenvalue weighted by Gasteiger charge is 2.09. The van der Waals surface area contributed by atoms with Crippen LogP contribution < -0.4 is 0 Å². The summed E-state index contributed by atoms with van der Waals surface area (Å²) in [5.41, 5.74) is 4.43. The molecule has 0 aliphatic rings. The Morgan fingerprint density at radius 3 is 2.48 bits per heavy atom. The highest BCUT2D eigenvalue weighted by atomic mass is 35.5. The molecule has 0 spiro atoms. The van der Waals surface area contributed by atoms with E-state index in [0.29, 0.717) is 0 Å². The van der Waals surface area contributed by atoms with Crippen molar-refractivity contribution in [2.75, 3.05) is 0 Å². The molecular formula is C22H17ClN2. The normalized spacial score (nSPS) is 11.4. The average Bonchev–Trinajstić information content (AvgIpc) is 2.99. The molecule has 0 N–H and O–H groups in total. The molecule has 1 aromatic heterocycles. The minimum atomic E-state index is 0.732. The summed E-state index contributed by atoms with van der Waals surface area (Å²) < 4.78 is 2.22. The van der Waals surface area contributed by atoms with Gasteiger partial charge < -0.3 is 4.57 Å². The zero-order valence-electron chi connectivity index (χ0n) is 13.6. The third-order valence-electron chi connectivity index (χ3n) is 4.14. The fourth-order valence-electron chi connectivity index (χ4n) is 2.94. The van der Waals surface area contributed by atoms with Gasteiger partial charge in [0.2, 0.25) is 0 Å². The molecule has 0 saturated heterocycles. The minimum absolute atomic E-state index is 0.732. The van der Waals surface area contributed by atoms with E-state index in [9.17, 15) is 0 Å². The molecule has 25 heavy (non-hydrogen) atoms. The van der Waals surface area contributed by atoms with Gasteiger partial charge in [0.25, 0.3) is 0 Å². The summed E-state index contributed by atoms with van der Waals surface area (Å²) in [5, 5.41) is 0.753. The van der Waals surface area contributed by atoms with E-state index < -0.39 is 0 Å². The molecule has 4 aromatic rings. The number of hydrogen-bond acceptors (Lipinski definition) is 1. The first-order valence-corrected chi connectivity index (χ1v) is 8.60. The molecule has 4 rings (SSSR count). The Bertz CT molecular complexity index is 1030. The zero-order chi connectivity index (χ0) is 17.1. The maximum absolute atomic E-state index is 6.15. The molecule has 2 nitrogen and oxygen atoms in total. The number of imidazole rings is 1. The first-order chi connectivity index (χ1) is 12.3. The first kappa shape index (κ1) is 15.7. The van der Waals surface area contributed by atoms with Gasteiger partial charge >= 0.3 is 0 Å². The molecule has 0 radical (unpaired) electrons. The van der Waals surface area contributed by atoms with Crippen molar-refractivity contribution in [1.82, 2.24) is 9.55 Å². The van der Waals surface area contributed by atoms with Gasteiger partial charge in [-0.3, -0.25) is 0 Å². The van der Waals surface area contributed by atoms with Gasteiger partial charge in [-0.1, -0.05) is 72.3 Å². The van der Waals surface area contributed by atoms with Gasteiger partial charge in [-0.2, -0.15) is 0 Å². The van der Waals surface area contributed by atoms with E-state index in [1.54, 1.807) is 0 Å². The van der Waals surface area contributed by atoms with Crippen molar-refractivity contribution in [3.8, 4) is 0 Å². The Morgan fingerprint density at radius 2 is 1.64 bits per heavy atom. The van der Waals surface area contributed by atoms with Gasteiger partial charge in [-0.05, 0) is 41.5 Å². The van der Waals surface area contributed by atoms with Crippen LogP contribution in [0.15, 0.2) is 78.9 Å². The molecule has 0 saturated carbocycles. The second-order valence-corrected chi connectivity index (χ2v) is 6.36. The van der Waals surface area contributed by atoms with Crippen LogP contribution in [0.2, 0.25) is 5.02 Å². The van der Waals surface area contributed by atoms with E-state index >= 15 is 0 Å². The summed E-state index contributed by atoms with van der Waals surface area (Å²) in [6, 6.07) is 26.4. The number of halogens is 1. The molecular weight excluding hydrogens is 328 g/mol. The molecule has 1 heterocycles. The van der Waals surface area contributed by atoms with Gasteiger partial charge in [0.15, 0.2) is 0 Å². The van der Waals surface area contributed by atoms with Crippen molar-refractivity contribution in [2.24, 2.45) is 0 Å². The fourth-order valence-corrected chi connectivity index (χ4v) is 3.15. The molecule has 0 unspecified atom stereocenters. The van der Waals surface area contributed by atoms with E-state index in [4.69, 9.17) is 16.6 Å². The Balaban J connectivity index is 1.77. The second kappa shape index (κ2) is 6.96. The standard InChI is InChI=1S/C22H17ClN2/c23-19-10-6-9-18(15-19)16-25-21-12-5-4-11-20(21)24-22(25)14-13-17-7-2-1-3-8-17/h1-15H,16H2/b14-13+. The number of benzene rings is 3. The maximum atomic E-state index is 6.15. The Hall–Kier alpha value is -2.84. The van der Waals surface area contributed by atoms with Crippen molar-refractivity contribution in [3.63, 3.8) is 0 Å². The maximum Gasteiger partial charge on any atom is 0.134 e. The van der Waals surface area contributed by atoms with E-state index in [0.717, 1.165) is 39.6 Å². The SMILES string of the molecule is Clc1cccc(Cn2c(/C=C/c3ccccc3)nc3ccccc32)c1. The average molecular weight is 345 g/mol. The number of rotatable bonds is 4. The van der Waals surface area contributed by atoms with Crippen LogP contribution >= 0.6 is 11.6 Å². The van der Waals surface area contributed by atoms with Crippen LogP contribution in [0.1, 0.15) is 17.0 Å². The molecule has 0 fully saturated rings. The Labute approximate surface area is 152 Å². The molecule has 122 valence electrons. The lowest BCUT2D eigenvalue weighted by molar-refractivity contribution is 0.814. The summed E-state index contributed by atoms with van der Waals surface area (Å²) in [5.74, 6) is 0.935. The summed E-state index contributed by atoms with van der Waals surface area (Å²) >= 11 is 6.15. The van der Waals surface area contributed by atoms with Crippen LogP contribution in [0, 0.1) is 0 Å². The summed E-state index contributed by atoms with van der Waals surface area (Å²) in [6.45, 7) is 0.732. The van der Waals surface area contributed by atoms with Gasteiger partial charge in [-0.25, -0.2) is 4.98 Å². The van der Waals surface area contributed by atoms with Crippen LogP contribution in [0.4, 0.5) is 0 Å². The quantitative estimate of drug-likeness (QED) is 0.450. The zero-order valence-corrected chi connectivity index (χ0v) is 14.4. The third kappa shape index (κ3) is 3.49. The van der Waals surface area contributed by atoms with Crippen molar-refractivity contribution in [3.05, 3.63) is 101 Å². The summed E-state index contributed by atoms with van der Waals surface area (Å²) in [7, 11) is 0. The van der Waals surface area contributed by atoms with Crippen LogP contribution in [0.3, 0.4) is 0 Å². The fraction of sp³-hybridized carbons (Fsp3) is 0.0455. The lowest BCUT2D eigenvalue weighted by Gasteiger charge is -2.08. The topological polar surface area (TPSA) is 17.8 Å². The van der Waals surface area contributed by atoms with Gasteiger partial charge in [0.05, 0.1) is 11.0 Å². The Morgan fingerprint density at radius 1 is 0.840 bits per heavy atom. The summed E-state index contributed by atoms with van der Waals surface area (Å²) in [6.07, 6.45) is 4.16. The van der Waals surface area contributed by atoms with Crippen molar-refractivity contribution in [1.29, 1.82) is 0 Å². The van der Waals surface area contributed by atoms with Crippen molar-refractivity contribution >= 4 is 34.8 Å². The van der Waals surface area contributed by atoms with Gasteiger partial charge in [0.1, 0.15) is 5.82 Å². The van der Waals surface area contributed by atoms with Crippen LogP contribution in [0.5, 0.6) is 0 Å². The molecule has 0 amide bonds. The van der Waals surface area contributed by atoms with Crippen molar-refractivity contribution < 1.29 is 0 Å². The van der Waals surface area contributed by atoms with E-state index in [1.807, 2.05) is 54.6 Å². The summed E-state index contributed by atoms with van der Waals surface area (Å²) in [4.78, 5) is 4.79. The van der Waals surface area contributed by atoms with Crippen molar-refractivity contribution in [2.45, 2.75) is 6.54 Å². The molecule has 3 aromatic carbocycles. The third-order valence-corrected chi connectivity index (χ3v) is 4.37. The number of nitrogens with zero attached hydrogens (tertiary/aromatic N) is 2. The van der Waals surface area contributed by atoms with Gasteiger partial charge in [0, 0.05) is 11.6 Å². The highest BCUT2D eigenvalue weighted by Crippen LogP contribution is 2.21. The minimum Gasteiger partial charge on any atom is -0.320 e. The predicted octanol–water partition coefficient (Wildman–Crippen LogP) is 5.91. The second-order valence-electron chi connectivity index (χ2n) is 5.92. The van der Waals surface area contributed by atoms with Crippen LogP contribution in [-0.2, 0) is 6.54 Å². The predicted molar refractivity (Wildman–Crippen MR) is 106 cm³/mol. The molecule has 0 atom stereocenters. The van der Waals surface area contributed by atoms with Crippen LogP contribution in [-0.4, -0.2) is 9.55 Å². The van der Waals surface area contributed by atoms with E-state index in [1.165, 1.54) is 0 Å². The number of fused-ring (bicyclic) bond motifs is 1. The van der Waals surface area contributed by atoms with Crippen LogP contribution in [0.25, 0.3) is 23.2 Å². The smallest absolute Gasteiger partial charge is 0.134 e. The number of para-hydroxylation sites is 2. The Kier molecular flexibility index (Phi) is 4.36. The van der Waals surface area contributed by atoms with E-state index in [-0.39, 0.29) is 0 Å². The molecule has 0 bridgehead atoms. The molecule has 0 aliphatic carbocycles. The highest BCUT2D eigenvalue weighted by molar-refractivity contribution is 6.30. The number of aromatic nitrogens is 2. The lowest BCUT2D eigenvalue weighted by Crippen LogP contribution is -2.02. The molecule has 0 aliphatic heterocycles. The monoisotopic (exact) mass is 344 g/mol. The van der Waals surface area contributed by atoms with Gasteiger partial charge in [-0.15, -0.1) is 0 Å². The largest absolute Gasteiger partial charge is 0.320 e. The van der Waals surface area contributed by atoms with E-state index in [2.05, 4.69) is 41.0 Å². The first-order valence-electron chi connectivity index (χ1n) is 8.22. The lowest BCUT2D eigenvalue weighted by atomic mass is 10.2.